The standard InChI is InChI=1S/C64H88N6O15/c1-36-33-62(8,76-12)54(84-60-52(48(68(10)11)31-37(2)78-60)81-58(73)43-23-16-14-17-24-43)39(4)51(80-49-34-63(9,77-13)56(42(7)79-49)83-59(74)44-25-18-15-19-26-44)40(5)57(72)82-55-41(6)64(55)53(38(3)50(36)71)70(61(75)85-64)30-21-20-29-69-35-47(66-67-69)45-27-22-28-46(65)32-45/h14-19,22-28,32,35-42,48-49,51-56,60,66-67H,20-21,29-31,33-34,65H2,1-13H3/t36-,37-,38+,39+,40-,41?,42+,48+,49?,51+,52-,53?,54-,55?,56+,60?,62+,63-,64+/m1/s1. The molecule has 21 nitrogen and oxygen atoms in total. The molecule has 1 spiro atoms. The smallest absolute Gasteiger partial charge is 0.410 e. The van der Waals surface area contributed by atoms with Gasteiger partial charge in [0.05, 0.1) is 64.8 Å². The minimum Gasteiger partial charge on any atom is -0.457 e. The molecule has 6 aliphatic rings. The number of anilines is 1. The van der Waals surface area contributed by atoms with Gasteiger partial charge in [0.1, 0.15) is 11.4 Å². The van der Waals surface area contributed by atoms with Gasteiger partial charge in [0.2, 0.25) is 0 Å². The number of likely N-dealkylation sites (N-methyl/N-ethyl adjacent to an activating group) is 1. The molecule has 3 aromatic carbocycles. The van der Waals surface area contributed by atoms with Gasteiger partial charge in [-0.1, -0.05) is 76.2 Å². The summed E-state index contributed by atoms with van der Waals surface area (Å²) in [6.07, 6.45) is -5.17. The highest BCUT2D eigenvalue weighted by Crippen LogP contribution is 2.59. The van der Waals surface area contributed by atoms with Crippen LogP contribution in [0.4, 0.5) is 10.5 Å². The number of hydrogen-bond donors (Lipinski definition) is 3. The molecule has 4 saturated heterocycles. The molecular weight excluding hydrogens is 1090 g/mol. The monoisotopic (exact) mass is 1180 g/mol. The van der Waals surface area contributed by atoms with Crippen LogP contribution >= 0.6 is 0 Å². The second-order valence-corrected chi connectivity index (χ2v) is 24.9. The molecule has 5 unspecified atom stereocenters. The molecule has 19 atom stereocenters. The number of rotatable bonds is 17. The Bertz CT molecular complexity index is 2880. The molecule has 9 rings (SSSR count). The lowest BCUT2D eigenvalue weighted by molar-refractivity contribution is -0.318. The maximum atomic E-state index is 15.4. The fraction of sp³-hybridized carbons (Fsp3) is 0.609. The summed E-state index contributed by atoms with van der Waals surface area (Å²) in [5.74, 6) is -5.84. The van der Waals surface area contributed by atoms with Gasteiger partial charge in [-0.2, -0.15) is 0 Å². The van der Waals surface area contributed by atoms with Gasteiger partial charge in [-0.25, -0.2) is 14.4 Å². The highest BCUT2D eigenvalue weighted by atomic mass is 16.7. The van der Waals surface area contributed by atoms with Crippen LogP contribution in [0.5, 0.6) is 0 Å². The van der Waals surface area contributed by atoms with Crippen LogP contribution in [0.15, 0.2) is 91.1 Å². The van der Waals surface area contributed by atoms with Crippen molar-refractivity contribution in [3.63, 3.8) is 0 Å². The summed E-state index contributed by atoms with van der Waals surface area (Å²) >= 11 is 0. The Morgan fingerprint density at radius 2 is 1.39 bits per heavy atom. The van der Waals surface area contributed by atoms with E-state index in [4.69, 9.17) is 53.1 Å². The topological polar surface area (TPSA) is 237 Å². The quantitative estimate of drug-likeness (QED) is 0.0512. The lowest BCUT2D eigenvalue weighted by atomic mass is 9.75. The third-order valence-electron chi connectivity index (χ3n) is 18.7. The van der Waals surface area contributed by atoms with E-state index in [2.05, 4.69) is 11.0 Å². The highest BCUT2D eigenvalue weighted by molar-refractivity contribution is 5.90. The van der Waals surface area contributed by atoms with Crippen molar-refractivity contribution >= 4 is 41.2 Å². The van der Waals surface area contributed by atoms with Crippen LogP contribution in [0.2, 0.25) is 0 Å². The first kappa shape index (κ1) is 63.3. The zero-order chi connectivity index (χ0) is 61.3. The second kappa shape index (κ2) is 26.0. The molecule has 1 amide bonds. The number of hydrogen-bond acceptors (Lipinski definition) is 20. The van der Waals surface area contributed by atoms with Gasteiger partial charge in [-0.3, -0.25) is 14.6 Å². The van der Waals surface area contributed by atoms with E-state index >= 15 is 9.59 Å². The van der Waals surface area contributed by atoms with Crippen LogP contribution in [0.1, 0.15) is 121 Å². The number of esters is 3. The molecule has 1 saturated carbocycles. The molecule has 1 aliphatic carbocycles. The molecule has 4 N–H and O–H groups in total. The minimum atomic E-state index is -1.37. The Labute approximate surface area is 499 Å². The zero-order valence-corrected chi connectivity index (χ0v) is 51.4. The summed E-state index contributed by atoms with van der Waals surface area (Å²) in [6.45, 7) is 17.4. The lowest BCUT2D eigenvalue weighted by Gasteiger charge is -2.50. The minimum absolute atomic E-state index is 0.0516. The number of carbonyl (C=O) groups excluding carboxylic acids is 5. The number of nitrogen functional groups attached to an aromatic ring is 1. The predicted octanol–water partition coefficient (Wildman–Crippen LogP) is 7.54. The van der Waals surface area contributed by atoms with Crippen molar-refractivity contribution in [2.45, 2.75) is 179 Å². The van der Waals surface area contributed by atoms with Crippen LogP contribution in [0.3, 0.4) is 0 Å². The van der Waals surface area contributed by atoms with Crippen molar-refractivity contribution in [1.82, 2.24) is 25.8 Å². The van der Waals surface area contributed by atoms with Gasteiger partial charge in [-0.05, 0) is 111 Å². The first-order chi connectivity index (χ1) is 40.4. The maximum Gasteiger partial charge on any atom is 0.410 e. The van der Waals surface area contributed by atoms with E-state index in [1.807, 2.05) is 115 Å². The van der Waals surface area contributed by atoms with Crippen molar-refractivity contribution in [3.05, 3.63) is 108 Å². The van der Waals surface area contributed by atoms with Crippen molar-refractivity contribution in [3.8, 4) is 0 Å². The summed E-state index contributed by atoms with van der Waals surface area (Å²) in [6, 6.07) is 23.7. The Morgan fingerprint density at radius 1 is 0.753 bits per heavy atom. The number of hydrazine groups is 2. The normalized spacial score (nSPS) is 36.9. The van der Waals surface area contributed by atoms with Crippen LogP contribution in [0, 0.1) is 29.6 Å². The first-order valence-electron chi connectivity index (χ1n) is 29.9. The van der Waals surface area contributed by atoms with E-state index in [0.29, 0.717) is 42.6 Å². The molecule has 3 aromatic rings. The lowest BCUT2D eigenvalue weighted by Crippen LogP contribution is -2.62. The van der Waals surface area contributed by atoms with Crippen LogP contribution < -0.4 is 16.7 Å². The van der Waals surface area contributed by atoms with Gasteiger partial charge < -0.3 is 68.3 Å². The van der Waals surface area contributed by atoms with Gasteiger partial charge in [0, 0.05) is 74.9 Å². The number of nitrogens with one attached hydrogen (secondary N) is 2. The second-order valence-electron chi connectivity index (χ2n) is 24.9. The number of unbranched alkanes of at least 4 members (excludes halogenated alkanes) is 1. The van der Waals surface area contributed by atoms with Crippen molar-refractivity contribution in [1.29, 1.82) is 0 Å². The van der Waals surface area contributed by atoms with E-state index < -0.39 is 126 Å². The van der Waals surface area contributed by atoms with Gasteiger partial charge in [0.25, 0.3) is 0 Å². The Hall–Kier alpha value is -6.17. The molecule has 5 aliphatic heterocycles. The number of Topliss-reactive ketones (excluding diaryl/α,β-unsaturated/α-hetero) is 1. The molecule has 5 fully saturated rings. The Kier molecular flexibility index (Phi) is 19.4. The predicted molar refractivity (Wildman–Crippen MR) is 313 cm³/mol. The van der Waals surface area contributed by atoms with Gasteiger partial charge in [0.15, 0.2) is 36.5 Å². The summed E-state index contributed by atoms with van der Waals surface area (Å²) < 4.78 is 66.3. The van der Waals surface area contributed by atoms with Gasteiger partial charge >= 0.3 is 24.0 Å². The molecule has 5 heterocycles. The maximum absolute atomic E-state index is 15.4. The Balaban J connectivity index is 1.05. The molecule has 21 heteroatoms. The number of nitrogens with two attached hydrogens (primary N) is 1. The summed E-state index contributed by atoms with van der Waals surface area (Å²) in [4.78, 5) is 76.4. The summed E-state index contributed by atoms with van der Waals surface area (Å²) in [7, 11) is 6.89. The molecule has 464 valence electrons. The van der Waals surface area contributed by atoms with Crippen LogP contribution in [-0.4, -0.2) is 170 Å². The zero-order valence-electron chi connectivity index (χ0n) is 51.4. The number of ether oxygens (including phenoxy) is 10. The number of methoxy groups -OCH3 is 2. The molecular formula is C64H88N6O15. The van der Waals surface area contributed by atoms with Crippen LogP contribution in [0.25, 0.3) is 5.70 Å². The van der Waals surface area contributed by atoms with E-state index in [1.54, 1.807) is 74.4 Å². The molecule has 85 heavy (non-hydrogen) atoms. The van der Waals surface area contributed by atoms with E-state index in [0.717, 1.165) is 11.3 Å². The highest BCUT2D eigenvalue weighted by Gasteiger charge is 2.79. The third kappa shape index (κ3) is 13.1. The van der Waals surface area contributed by atoms with Crippen molar-refractivity contribution in [2.75, 3.05) is 47.1 Å². The fourth-order valence-electron chi connectivity index (χ4n) is 13.8. The summed E-state index contributed by atoms with van der Waals surface area (Å²) in [5.41, 5.74) is 11.7. The molecule has 0 aromatic heterocycles. The number of carbonyl (C=O) groups is 5. The number of benzene rings is 3. The molecule has 0 bridgehead atoms. The number of ketones is 1. The SMILES string of the molecule is CO[C@]1(C)CC(O[C@H]2[C@H](C)[C@@H](OC3O[C@H](C)C[C@H](N(C)C)[C@H]3OC(=O)c3ccccc3)[C@@](C)(OC)C[C@@H](C)C(=O)[C@H](C)C3N(CCCCN4C=C(c5cccc(N)c5)NN4)C(=O)O[C@@]34C(C)C4OC(=O)[C@@H]2C)O[C@@H](C)[C@@H]1OC(=O)c1ccccc1. The fourth-order valence-corrected chi connectivity index (χ4v) is 13.8. The summed E-state index contributed by atoms with van der Waals surface area (Å²) in [5, 5.41) is 1.93. The number of nitrogens with zero attached hydrogens (tertiary/aromatic N) is 3. The van der Waals surface area contributed by atoms with E-state index in [-0.39, 0.29) is 37.3 Å². The van der Waals surface area contributed by atoms with Crippen molar-refractivity contribution < 1.29 is 71.3 Å². The first-order valence-corrected chi connectivity index (χ1v) is 29.9. The van der Waals surface area contributed by atoms with Crippen LogP contribution in [-0.2, 0) is 57.0 Å². The third-order valence-corrected chi connectivity index (χ3v) is 18.7. The van der Waals surface area contributed by atoms with Gasteiger partial charge in [-0.15, -0.1) is 5.53 Å². The van der Waals surface area contributed by atoms with E-state index in [9.17, 15) is 14.4 Å². The van der Waals surface area contributed by atoms with E-state index in [1.165, 1.54) is 7.11 Å². The molecule has 0 radical (unpaired) electrons. The van der Waals surface area contributed by atoms with Crippen molar-refractivity contribution in [2.24, 2.45) is 29.6 Å². The average molecular weight is 1180 g/mol. The number of amides is 1. The Morgan fingerprint density at radius 3 is 2.02 bits per heavy atom. The average Bonchev–Trinajstić information content (AvgIpc) is 1.53. The largest absolute Gasteiger partial charge is 0.457 e.